The molecule has 0 radical (unpaired) electrons. The van der Waals surface area contributed by atoms with E-state index in [2.05, 4.69) is 15.0 Å². The Kier molecular flexibility index (Phi) is 2.73. The minimum Gasteiger partial charge on any atom is -0.394 e. The van der Waals surface area contributed by atoms with Gasteiger partial charge in [0.1, 0.15) is 17.8 Å². The van der Waals surface area contributed by atoms with Crippen LogP contribution in [0.3, 0.4) is 0 Å². The number of imidazole rings is 1. The number of aliphatic hydroxyl groups excluding tert-OH is 2. The number of nitrogen functional groups attached to an aromatic ring is 2. The first kappa shape index (κ1) is 12.1. The second kappa shape index (κ2) is 4.30. The van der Waals surface area contributed by atoms with Crippen molar-refractivity contribution in [3.63, 3.8) is 0 Å². The molecule has 1 saturated heterocycles. The molecule has 0 bridgehead atoms. The predicted molar refractivity (Wildman–Crippen MR) is 65.8 cm³/mol. The van der Waals surface area contributed by atoms with Crippen LogP contribution < -0.4 is 11.5 Å². The molecule has 0 spiro atoms. The van der Waals surface area contributed by atoms with Gasteiger partial charge in [-0.1, -0.05) is 0 Å². The van der Waals surface area contributed by atoms with Crippen LogP contribution in [0.4, 0.5) is 11.9 Å². The summed E-state index contributed by atoms with van der Waals surface area (Å²) in [6, 6.07) is 0. The fraction of sp³-hybridized carbons (Fsp3) is 0.500. The summed E-state index contributed by atoms with van der Waals surface area (Å²) in [5.41, 5.74) is 12.3. The Labute approximate surface area is 107 Å². The van der Waals surface area contributed by atoms with Crippen molar-refractivity contribution in [3.05, 3.63) is 6.20 Å². The molecule has 3 rings (SSSR count). The quantitative estimate of drug-likeness (QED) is 0.521. The normalized spacial score (nSPS) is 27.2. The first-order valence-corrected chi connectivity index (χ1v) is 5.80. The van der Waals surface area contributed by atoms with Gasteiger partial charge in [-0.3, -0.25) is 4.57 Å². The third-order valence-electron chi connectivity index (χ3n) is 3.15. The lowest BCUT2D eigenvalue weighted by Crippen LogP contribution is -2.24. The number of ether oxygens (including phenoxy) is 1. The fourth-order valence-electron chi connectivity index (χ4n) is 2.24. The molecule has 6 N–H and O–H groups in total. The van der Waals surface area contributed by atoms with Gasteiger partial charge in [-0.15, -0.1) is 0 Å². The number of rotatable bonds is 2. The van der Waals surface area contributed by atoms with E-state index in [1.165, 1.54) is 6.20 Å². The summed E-state index contributed by atoms with van der Waals surface area (Å²) in [5.74, 6) is 0.302. The molecule has 19 heavy (non-hydrogen) atoms. The summed E-state index contributed by atoms with van der Waals surface area (Å²) in [6.07, 6.45) is -0.164. The average molecular weight is 266 g/mol. The summed E-state index contributed by atoms with van der Waals surface area (Å²) >= 11 is 0. The van der Waals surface area contributed by atoms with Crippen LogP contribution in [0.1, 0.15) is 12.6 Å². The Bertz CT molecular complexity index is 615. The van der Waals surface area contributed by atoms with Gasteiger partial charge in [0.15, 0.2) is 5.65 Å². The monoisotopic (exact) mass is 266 g/mol. The van der Waals surface area contributed by atoms with E-state index in [1.54, 1.807) is 4.57 Å². The van der Waals surface area contributed by atoms with Gasteiger partial charge >= 0.3 is 0 Å². The molecule has 1 fully saturated rings. The topological polar surface area (TPSA) is 145 Å². The SMILES string of the molecule is Nc1ncc2nc(N)n([C@@H]3C[C@@H](O)[C@H](CO)O3)c2n1. The summed E-state index contributed by atoms with van der Waals surface area (Å²) < 4.78 is 7.09. The molecule has 0 amide bonds. The summed E-state index contributed by atoms with van der Waals surface area (Å²) in [6.45, 7) is -0.263. The van der Waals surface area contributed by atoms with Crippen LogP contribution in [0.25, 0.3) is 11.2 Å². The maximum Gasteiger partial charge on any atom is 0.222 e. The molecular weight excluding hydrogens is 252 g/mol. The number of aliphatic hydroxyl groups is 2. The number of aromatic nitrogens is 4. The van der Waals surface area contributed by atoms with Gasteiger partial charge < -0.3 is 26.4 Å². The van der Waals surface area contributed by atoms with Gasteiger partial charge in [0.05, 0.1) is 18.9 Å². The van der Waals surface area contributed by atoms with Crippen molar-refractivity contribution in [1.29, 1.82) is 0 Å². The fourth-order valence-corrected chi connectivity index (χ4v) is 2.24. The van der Waals surface area contributed by atoms with Crippen LogP contribution >= 0.6 is 0 Å². The summed E-state index contributed by atoms with van der Waals surface area (Å²) in [7, 11) is 0. The standard InChI is InChI=1S/C10H14N6O3/c11-9-13-2-4-8(15-9)16(10(12)14-4)7-1-5(18)6(3-17)19-7/h2,5-7,17-18H,1,3H2,(H2,12,14)(H2,11,13,15)/t5-,6+,7+/m1/s1. The van der Waals surface area contributed by atoms with E-state index >= 15 is 0 Å². The highest BCUT2D eigenvalue weighted by Gasteiger charge is 2.36. The molecule has 0 aliphatic carbocycles. The highest BCUT2D eigenvalue weighted by Crippen LogP contribution is 2.32. The largest absolute Gasteiger partial charge is 0.394 e. The lowest BCUT2D eigenvalue weighted by molar-refractivity contribution is -0.0425. The second-order valence-electron chi connectivity index (χ2n) is 4.39. The Hall–Kier alpha value is -1.97. The smallest absolute Gasteiger partial charge is 0.222 e. The second-order valence-corrected chi connectivity index (χ2v) is 4.39. The minimum atomic E-state index is -0.758. The third kappa shape index (κ3) is 1.87. The highest BCUT2D eigenvalue weighted by molar-refractivity contribution is 5.74. The van der Waals surface area contributed by atoms with Gasteiger partial charge in [-0.25, -0.2) is 9.97 Å². The minimum absolute atomic E-state index is 0.103. The third-order valence-corrected chi connectivity index (χ3v) is 3.15. The number of anilines is 2. The number of fused-ring (bicyclic) bond motifs is 1. The molecule has 3 atom stereocenters. The molecule has 3 heterocycles. The number of nitrogens with two attached hydrogens (primary N) is 2. The first-order chi connectivity index (χ1) is 9.10. The van der Waals surface area contributed by atoms with Crippen LogP contribution in [0.5, 0.6) is 0 Å². The highest BCUT2D eigenvalue weighted by atomic mass is 16.5. The van der Waals surface area contributed by atoms with E-state index in [0.717, 1.165) is 0 Å². The number of hydrogen-bond acceptors (Lipinski definition) is 8. The van der Waals surface area contributed by atoms with Crippen molar-refractivity contribution in [2.24, 2.45) is 0 Å². The maximum absolute atomic E-state index is 9.76. The van der Waals surface area contributed by atoms with Gasteiger partial charge in [0, 0.05) is 6.42 Å². The van der Waals surface area contributed by atoms with Crippen LogP contribution in [-0.4, -0.2) is 48.5 Å². The van der Waals surface area contributed by atoms with Crippen molar-refractivity contribution < 1.29 is 14.9 Å². The lowest BCUT2D eigenvalue weighted by atomic mass is 10.2. The van der Waals surface area contributed by atoms with Crippen LogP contribution in [0.15, 0.2) is 6.20 Å². The van der Waals surface area contributed by atoms with E-state index < -0.39 is 18.4 Å². The first-order valence-electron chi connectivity index (χ1n) is 5.80. The molecule has 102 valence electrons. The van der Waals surface area contributed by atoms with E-state index in [0.29, 0.717) is 17.6 Å². The van der Waals surface area contributed by atoms with E-state index in [9.17, 15) is 5.11 Å². The Balaban J connectivity index is 2.05. The summed E-state index contributed by atoms with van der Waals surface area (Å²) in [5, 5.41) is 18.9. The maximum atomic E-state index is 9.76. The number of nitrogens with zero attached hydrogens (tertiary/aromatic N) is 4. The van der Waals surface area contributed by atoms with Crippen molar-refractivity contribution in [1.82, 2.24) is 19.5 Å². The van der Waals surface area contributed by atoms with Gasteiger partial charge in [0.25, 0.3) is 0 Å². The summed E-state index contributed by atoms with van der Waals surface area (Å²) in [4.78, 5) is 12.0. The molecule has 0 saturated carbocycles. The molecular formula is C10H14N6O3. The van der Waals surface area contributed by atoms with Crippen LogP contribution in [0, 0.1) is 0 Å². The molecule has 2 aromatic heterocycles. The molecule has 0 unspecified atom stereocenters. The number of hydrogen-bond donors (Lipinski definition) is 4. The Morgan fingerprint density at radius 1 is 1.42 bits per heavy atom. The zero-order chi connectivity index (χ0) is 13.6. The predicted octanol–water partition coefficient (Wildman–Crippen LogP) is -1.37. The van der Waals surface area contributed by atoms with Crippen molar-refractivity contribution >= 4 is 23.1 Å². The molecule has 1 aliphatic rings. The molecule has 9 heteroatoms. The zero-order valence-corrected chi connectivity index (χ0v) is 9.97. The van der Waals surface area contributed by atoms with Crippen LogP contribution in [0.2, 0.25) is 0 Å². The Morgan fingerprint density at radius 3 is 2.89 bits per heavy atom. The van der Waals surface area contributed by atoms with E-state index in [1.807, 2.05) is 0 Å². The van der Waals surface area contributed by atoms with Gasteiger partial charge in [-0.2, -0.15) is 4.98 Å². The molecule has 2 aromatic rings. The van der Waals surface area contributed by atoms with E-state index in [4.69, 9.17) is 21.3 Å². The molecule has 0 aromatic carbocycles. The van der Waals surface area contributed by atoms with E-state index in [-0.39, 0.29) is 18.5 Å². The zero-order valence-electron chi connectivity index (χ0n) is 9.97. The van der Waals surface area contributed by atoms with Gasteiger partial charge in [0.2, 0.25) is 11.9 Å². The van der Waals surface area contributed by atoms with Gasteiger partial charge in [-0.05, 0) is 0 Å². The molecule has 1 aliphatic heterocycles. The molecule has 9 nitrogen and oxygen atoms in total. The Morgan fingerprint density at radius 2 is 2.21 bits per heavy atom. The average Bonchev–Trinajstić information content (AvgIpc) is 2.88. The lowest BCUT2D eigenvalue weighted by Gasteiger charge is -2.14. The van der Waals surface area contributed by atoms with Crippen LogP contribution in [-0.2, 0) is 4.74 Å². The van der Waals surface area contributed by atoms with Crippen molar-refractivity contribution in [2.75, 3.05) is 18.1 Å². The van der Waals surface area contributed by atoms with Crippen molar-refractivity contribution in [3.8, 4) is 0 Å². The van der Waals surface area contributed by atoms with Crippen molar-refractivity contribution in [2.45, 2.75) is 24.9 Å².